The van der Waals surface area contributed by atoms with Gasteiger partial charge in [-0.25, -0.2) is 4.79 Å². The quantitative estimate of drug-likeness (QED) is 0.594. The van der Waals surface area contributed by atoms with Gasteiger partial charge in [-0.3, -0.25) is 4.79 Å². The first-order valence-corrected chi connectivity index (χ1v) is 8.07. The van der Waals surface area contributed by atoms with Gasteiger partial charge in [0.05, 0.1) is 6.54 Å². The van der Waals surface area contributed by atoms with Crippen molar-refractivity contribution in [2.75, 3.05) is 13.1 Å². The van der Waals surface area contributed by atoms with E-state index in [-0.39, 0.29) is 18.4 Å². The largest absolute Gasteiger partial charge is 0.445 e. The Labute approximate surface area is 137 Å². The molecule has 1 atom stereocenters. The van der Waals surface area contributed by atoms with Crippen LogP contribution in [0.4, 0.5) is 4.79 Å². The van der Waals surface area contributed by atoms with Gasteiger partial charge in [0.25, 0.3) is 0 Å². The second-order valence-electron chi connectivity index (χ2n) is 5.89. The summed E-state index contributed by atoms with van der Waals surface area (Å²) in [4.78, 5) is 24.1. The van der Waals surface area contributed by atoms with Crippen molar-refractivity contribution in [1.82, 2.24) is 10.6 Å². The van der Waals surface area contributed by atoms with Gasteiger partial charge in [0.2, 0.25) is 5.91 Å². The summed E-state index contributed by atoms with van der Waals surface area (Å²) < 4.78 is 5.18. The summed E-state index contributed by atoms with van der Waals surface area (Å²) in [7, 11) is 0. The lowest BCUT2D eigenvalue weighted by atomic mass is 10.0. The van der Waals surface area contributed by atoms with Crippen molar-refractivity contribution in [2.24, 2.45) is 5.92 Å². The van der Waals surface area contributed by atoms with Gasteiger partial charge >= 0.3 is 6.09 Å². The topological polar surface area (TPSA) is 95.1 Å². The lowest BCUT2D eigenvalue weighted by Crippen LogP contribution is -2.52. The Morgan fingerprint density at radius 2 is 1.91 bits per heavy atom. The molecule has 6 nitrogen and oxygen atoms in total. The number of benzene rings is 1. The molecular formula is C17H28N3O3+. The summed E-state index contributed by atoms with van der Waals surface area (Å²) in [5.41, 5.74) is 4.64. The van der Waals surface area contributed by atoms with Gasteiger partial charge in [0, 0.05) is 13.0 Å². The molecule has 0 spiro atoms. The monoisotopic (exact) mass is 322 g/mol. The first-order chi connectivity index (χ1) is 11.0. The summed E-state index contributed by atoms with van der Waals surface area (Å²) in [6, 6.07) is 8.85. The van der Waals surface area contributed by atoms with Gasteiger partial charge in [0.1, 0.15) is 12.6 Å². The third-order valence-corrected chi connectivity index (χ3v) is 3.25. The fourth-order valence-corrected chi connectivity index (χ4v) is 2.07. The predicted molar refractivity (Wildman–Crippen MR) is 88.4 cm³/mol. The van der Waals surface area contributed by atoms with Crippen LogP contribution in [-0.2, 0) is 16.1 Å². The average molecular weight is 322 g/mol. The molecule has 0 unspecified atom stereocenters. The molecule has 0 aromatic heterocycles. The number of ether oxygens (including phenoxy) is 1. The molecule has 0 radical (unpaired) electrons. The van der Waals surface area contributed by atoms with Crippen LogP contribution in [0.25, 0.3) is 0 Å². The van der Waals surface area contributed by atoms with Gasteiger partial charge in [-0.2, -0.15) is 0 Å². The van der Waals surface area contributed by atoms with Gasteiger partial charge < -0.3 is 21.1 Å². The van der Waals surface area contributed by atoms with Crippen LogP contribution in [0, 0.1) is 5.92 Å². The summed E-state index contributed by atoms with van der Waals surface area (Å²) in [5, 5.41) is 5.48. The molecule has 6 heteroatoms. The number of hydrogen-bond donors (Lipinski definition) is 3. The minimum atomic E-state index is -0.580. The van der Waals surface area contributed by atoms with Gasteiger partial charge in [0.15, 0.2) is 0 Å². The Balaban J connectivity index is 2.47. The number of hydrogen-bond acceptors (Lipinski definition) is 3. The lowest BCUT2D eigenvalue weighted by Gasteiger charge is -2.19. The van der Waals surface area contributed by atoms with Gasteiger partial charge in [-0.15, -0.1) is 0 Å². The highest BCUT2D eigenvalue weighted by Crippen LogP contribution is 2.06. The summed E-state index contributed by atoms with van der Waals surface area (Å²) in [6.45, 7) is 5.53. The van der Waals surface area contributed by atoms with Crippen molar-refractivity contribution in [2.45, 2.75) is 39.3 Å². The standard InChI is InChI=1S/C17H27N3O3/c1-13(2)11-15(16(21)19-10-6-9-18)20-17(22)23-12-14-7-4-3-5-8-14/h3-5,7-8,13,15H,6,9-12,18H2,1-2H3,(H,19,21)(H,20,22)/p+1/t15-/m0/s1. The molecule has 0 aliphatic rings. The van der Waals surface area contributed by atoms with Crippen LogP contribution in [0.3, 0.4) is 0 Å². The average Bonchev–Trinajstić information content (AvgIpc) is 2.53. The Morgan fingerprint density at radius 1 is 1.22 bits per heavy atom. The van der Waals surface area contributed by atoms with E-state index in [0.29, 0.717) is 13.0 Å². The zero-order valence-electron chi connectivity index (χ0n) is 14.0. The van der Waals surface area contributed by atoms with Crippen LogP contribution in [0.1, 0.15) is 32.3 Å². The van der Waals surface area contributed by atoms with Crippen LogP contribution in [0.5, 0.6) is 0 Å². The number of nitrogens with one attached hydrogen (secondary N) is 2. The smallest absolute Gasteiger partial charge is 0.408 e. The molecule has 2 amide bonds. The third-order valence-electron chi connectivity index (χ3n) is 3.25. The van der Waals surface area contributed by atoms with Crippen molar-refractivity contribution in [1.29, 1.82) is 0 Å². The normalized spacial score (nSPS) is 11.8. The second kappa shape index (κ2) is 10.6. The molecule has 1 aromatic carbocycles. The molecule has 0 saturated heterocycles. The summed E-state index contributed by atoms with van der Waals surface area (Å²) in [5.74, 6) is 0.108. The minimum Gasteiger partial charge on any atom is -0.445 e. The predicted octanol–water partition coefficient (Wildman–Crippen LogP) is 1.08. The number of quaternary nitrogens is 1. The number of alkyl carbamates (subject to hydrolysis) is 1. The number of amides is 2. The zero-order valence-corrected chi connectivity index (χ0v) is 14.0. The maximum absolute atomic E-state index is 12.2. The van der Waals surface area contributed by atoms with E-state index in [2.05, 4.69) is 16.4 Å². The lowest BCUT2D eigenvalue weighted by molar-refractivity contribution is -0.367. The van der Waals surface area contributed by atoms with Crippen LogP contribution < -0.4 is 16.4 Å². The van der Waals surface area contributed by atoms with E-state index in [9.17, 15) is 9.59 Å². The molecule has 0 aliphatic heterocycles. The van der Waals surface area contributed by atoms with Crippen molar-refractivity contribution >= 4 is 12.0 Å². The molecule has 0 aliphatic carbocycles. The van der Waals surface area contributed by atoms with Crippen LogP contribution in [0.2, 0.25) is 0 Å². The summed E-state index contributed by atoms with van der Waals surface area (Å²) >= 11 is 0. The van der Waals surface area contributed by atoms with Crippen molar-refractivity contribution in [3.8, 4) is 0 Å². The maximum Gasteiger partial charge on any atom is 0.408 e. The van der Waals surface area contributed by atoms with E-state index < -0.39 is 12.1 Å². The highest BCUT2D eigenvalue weighted by molar-refractivity contribution is 5.85. The van der Waals surface area contributed by atoms with Crippen molar-refractivity contribution in [3.05, 3.63) is 35.9 Å². The van der Waals surface area contributed by atoms with E-state index in [1.54, 1.807) is 0 Å². The molecule has 0 bridgehead atoms. The van der Waals surface area contributed by atoms with E-state index >= 15 is 0 Å². The first-order valence-electron chi connectivity index (χ1n) is 8.07. The third kappa shape index (κ3) is 8.21. The van der Waals surface area contributed by atoms with E-state index in [1.807, 2.05) is 44.2 Å². The second-order valence-corrected chi connectivity index (χ2v) is 5.89. The van der Waals surface area contributed by atoms with Crippen LogP contribution >= 0.6 is 0 Å². The maximum atomic E-state index is 12.2. The first kappa shape index (κ1) is 19.0. The Morgan fingerprint density at radius 3 is 2.52 bits per heavy atom. The molecule has 128 valence electrons. The highest BCUT2D eigenvalue weighted by atomic mass is 16.5. The SMILES string of the molecule is CC(C)C[C@H](NC(=O)OCc1ccccc1)C(=O)NCCC[NH3+]. The molecule has 0 heterocycles. The summed E-state index contributed by atoms with van der Waals surface area (Å²) in [6.07, 6.45) is 0.807. The fraction of sp³-hybridized carbons (Fsp3) is 0.529. The van der Waals surface area contributed by atoms with Gasteiger partial charge in [-0.1, -0.05) is 44.2 Å². The van der Waals surface area contributed by atoms with E-state index in [1.165, 1.54) is 0 Å². The Kier molecular flexibility index (Phi) is 8.75. The molecule has 1 aromatic rings. The molecular weight excluding hydrogens is 294 g/mol. The van der Waals surface area contributed by atoms with Crippen LogP contribution in [-0.4, -0.2) is 31.1 Å². The number of carbonyl (C=O) groups excluding carboxylic acids is 2. The van der Waals surface area contributed by atoms with Crippen molar-refractivity contribution in [3.63, 3.8) is 0 Å². The number of rotatable bonds is 9. The molecule has 5 N–H and O–H groups in total. The fourth-order valence-electron chi connectivity index (χ4n) is 2.07. The van der Waals surface area contributed by atoms with Crippen LogP contribution in [0.15, 0.2) is 30.3 Å². The number of carbonyl (C=O) groups is 2. The highest BCUT2D eigenvalue weighted by Gasteiger charge is 2.22. The molecule has 0 saturated carbocycles. The minimum absolute atomic E-state index is 0.177. The molecule has 23 heavy (non-hydrogen) atoms. The van der Waals surface area contributed by atoms with Crippen molar-refractivity contribution < 1.29 is 20.1 Å². The zero-order chi connectivity index (χ0) is 17.1. The van der Waals surface area contributed by atoms with E-state index in [0.717, 1.165) is 18.5 Å². The molecule has 0 fully saturated rings. The Hall–Kier alpha value is -2.08. The molecule has 1 rings (SSSR count). The van der Waals surface area contributed by atoms with E-state index in [4.69, 9.17) is 4.74 Å². The van der Waals surface area contributed by atoms with Gasteiger partial charge in [-0.05, 0) is 17.9 Å². The Bertz CT molecular complexity index is 477.